The van der Waals surface area contributed by atoms with E-state index in [-0.39, 0.29) is 42.4 Å². The Balaban J connectivity index is 0.844. The molecule has 2 aliphatic carbocycles. The predicted molar refractivity (Wildman–Crippen MR) is 177 cm³/mol. The molecular weight excluding hydrogens is 602 g/mol. The summed E-state index contributed by atoms with van der Waals surface area (Å²) in [5, 5.41) is 6.04. The van der Waals surface area contributed by atoms with Gasteiger partial charge in [-0.2, -0.15) is 0 Å². The molecule has 5 rings (SSSR count). The molecule has 1 saturated heterocycles. The Labute approximate surface area is 279 Å². The summed E-state index contributed by atoms with van der Waals surface area (Å²) in [4.78, 5) is 39.4. The van der Waals surface area contributed by atoms with Crippen LogP contribution in [0.3, 0.4) is 0 Å². The summed E-state index contributed by atoms with van der Waals surface area (Å²) < 4.78 is 27.4. The summed E-state index contributed by atoms with van der Waals surface area (Å²) in [6.07, 6.45) is 15.5. The molecule has 2 N–H and O–H groups in total. The van der Waals surface area contributed by atoms with Crippen molar-refractivity contribution in [2.45, 2.75) is 127 Å². The Bertz CT molecular complexity index is 1180. The second-order valence-electron chi connectivity index (χ2n) is 13.8. The number of hydrogen-bond acceptors (Lipinski definition) is 9. The van der Waals surface area contributed by atoms with Gasteiger partial charge in [0.2, 0.25) is 0 Å². The van der Waals surface area contributed by atoms with Gasteiger partial charge in [-0.3, -0.25) is 0 Å². The molecule has 1 aromatic rings. The third kappa shape index (κ3) is 10.9. The number of unbranched alkanes of at least 4 members (excludes halogenated alkanes) is 6. The Morgan fingerprint density at radius 3 is 2.15 bits per heavy atom. The summed E-state index contributed by atoms with van der Waals surface area (Å²) in [6, 6.07) is 3.89. The molecule has 4 aliphatic rings. The molecule has 47 heavy (non-hydrogen) atoms. The van der Waals surface area contributed by atoms with Crippen LogP contribution in [0.25, 0.3) is 0 Å². The van der Waals surface area contributed by atoms with Crippen LogP contribution in [-0.2, 0) is 14.2 Å². The van der Waals surface area contributed by atoms with Crippen molar-refractivity contribution in [3.05, 3.63) is 23.3 Å². The van der Waals surface area contributed by atoms with Crippen molar-refractivity contribution in [2.75, 3.05) is 40.5 Å². The van der Waals surface area contributed by atoms with E-state index in [1.165, 1.54) is 32.1 Å². The van der Waals surface area contributed by atoms with Gasteiger partial charge in [0.05, 0.1) is 20.8 Å². The number of esters is 1. The second-order valence-corrected chi connectivity index (χ2v) is 13.8. The number of benzene rings is 1. The van der Waals surface area contributed by atoms with E-state index in [0.717, 1.165) is 95.8 Å². The molecule has 0 unspecified atom stereocenters. The number of methoxy groups -OCH3 is 2. The maximum Gasteiger partial charge on any atom is 0.407 e. The Morgan fingerprint density at radius 1 is 0.809 bits per heavy atom. The average Bonchev–Trinajstić information content (AvgIpc) is 3.86. The smallest absolute Gasteiger partial charge is 0.407 e. The van der Waals surface area contributed by atoms with Crippen LogP contribution in [0.2, 0.25) is 0 Å². The van der Waals surface area contributed by atoms with Gasteiger partial charge in [-0.25, -0.2) is 14.4 Å². The van der Waals surface area contributed by atoms with E-state index in [9.17, 15) is 14.4 Å². The number of alkyl carbamates (subject to hydrolysis) is 2. The van der Waals surface area contributed by atoms with E-state index >= 15 is 0 Å². The highest BCUT2D eigenvalue weighted by Gasteiger charge is 2.35. The number of piperidine rings is 1. The third-order valence-electron chi connectivity index (χ3n) is 10.1. The maximum absolute atomic E-state index is 12.5. The number of amides is 2. The van der Waals surface area contributed by atoms with E-state index in [2.05, 4.69) is 15.5 Å². The summed E-state index contributed by atoms with van der Waals surface area (Å²) in [6.45, 7) is 3.65. The molecule has 0 radical (unpaired) electrons. The van der Waals surface area contributed by atoms with Crippen molar-refractivity contribution in [3.63, 3.8) is 0 Å². The molecule has 2 heterocycles. The summed E-state index contributed by atoms with van der Waals surface area (Å²) in [5.41, 5.74) is 1.40. The minimum atomic E-state index is -0.320. The highest BCUT2D eigenvalue weighted by Crippen LogP contribution is 2.41. The Kier molecular flexibility index (Phi) is 13.3. The third-order valence-corrected chi connectivity index (χ3v) is 10.1. The zero-order valence-electron chi connectivity index (χ0n) is 28.4. The largest absolute Gasteiger partial charge is 0.497 e. The molecule has 0 bridgehead atoms. The number of nitrogens with zero attached hydrogens (tertiary/aromatic N) is 1. The van der Waals surface area contributed by atoms with Gasteiger partial charge >= 0.3 is 18.2 Å². The van der Waals surface area contributed by atoms with Crippen molar-refractivity contribution in [2.24, 2.45) is 5.92 Å². The lowest BCUT2D eigenvalue weighted by Crippen LogP contribution is -2.46. The molecule has 1 aromatic carbocycles. The van der Waals surface area contributed by atoms with Gasteiger partial charge in [0.1, 0.15) is 29.3 Å². The fourth-order valence-corrected chi connectivity index (χ4v) is 7.04. The van der Waals surface area contributed by atoms with Gasteiger partial charge < -0.3 is 39.2 Å². The normalized spacial score (nSPS) is 23.0. The molecule has 2 saturated carbocycles. The molecule has 0 aromatic heterocycles. The lowest BCUT2D eigenvalue weighted by molar-refractivity contribution is 0.0361. The number of cyclic esters (lactones) is 1. The van der Waals surface area contributed by atoms with Crippen LogP contribution in [0.5, 0.6) is 11.5 Å². The standard InChI is InChI=1S/C36H55N3O8/c1-43-29-22-30-31(47-34(40)33(30)32(23-29)44-2)10-8-6-4-3-5-7-9-19-39-20-17-27(18-21-39)38-36(42)46-28-15-13-26(14-16-28)37-35(41)45-24-25-11-12-25/h22-23,25-28,31H,3-21,24H2,1-2H3,(H,37,41)(H,38,42)/t26?,28?,31-/m1/s1. The topological polar surface area (TPSA) is 125 Å². The van der Waals surface area contributed by atoms with Gasteiger partial charge in [0, 0.05) is 36.8 Å². The van der Waals surface area contributed by atoms with Gasteiger partial charge in [0.25, 0.3) is 0 Å². The second kappa shape index (κ2) is 17.8. The van der Waals surface area contributed by atoms with Crippen LogP contribution < -0.4 is 20.1 Å². The minimum Gasteiger partial charge on any atom is -0.497 e. The fourth-order valence-electron chi connectivity index (χ4n) is 7.04. The number of rotatable bonds is 17. The molecule has 3 fully saturated rings. The first kappa shape index (κ1) is 35.1. The highest BCUT2D eigenvalue weighted by molar-refractivity contribution is 5.97. The summed E-state index contributed by atoms with van der Waals surface area (Å²) in [7, 11) is 3.17. The highest BCUT2D eigenvalue weighted by atomic mass is 16.6. The van der Waals surface area contributed by atoms with Crippen molar-refractivity contribution in [1.29, 1.82) is 0 Å². The number of carbonyl (C=O) groups is 3. The first-order valence-corrected chi connectivity index (χ1v) is 18.0. The first-order chi connectivity index (χ1) is 22.9. The van der Waals surface area contributed by atoms with Crippen LogP contribution in [0.1, 0.15) is 125 Å². The zero-order chi connectivity index (χ0) is 33.0. The van der Waals surface area contributed by atoms with E-state index in [4.69, 9.17) is 23.7 Å². The summed E-state index contributed by atoms with van der Waals surface area (Å²) >= 11 is 0. The lowest BCUT2D eigenvalue weighted by atomic mass is 9.93. The molecular formula is C36H55N3O8. The van der Waals surface area contributed by atoms with Crippen molar-refractivity contribution in [3.8, 4) is 11.5 Å². The zero-order valence-corrected chi connectivity index (χ0v) is 28.4. The number of nitrogens with one attached hydrogen (secondary N) is 2. The number of fused-ring (bicyclic) bond motifs is 1. The van der Waals surface area contributed by atoms with Crippen molar-refractivity contribution >= 4 is 18.2 Å². The van der Waals surface area contributed by atoms with Crippen molar-refractivity contribution < 1.29 is 38.1 Å². The monoisotopic (exact) mass is 657 g/mol. The van der Waals surface area contributed by atoms with Gasteiger partial charge in [-0.1, -0.05) is 32.1 Å². The average molecular weight is 658 g/mol. The van der Waals surface area contributed by atoms with Crippen molar-refractivity contribution in [1.82, 2.24) is 15.5 Å². The predicted octanol–water partition coefficient (Wildman–Crippen LogP) is 6.67. The van der Waals surface area contributed by atoms with Gasteiger partial charge in [-0.15, -0.1) is 0 Å². The molecule has 2 amide bonds. The lowest BCUT2D eigenvalue weighted by Gasteiger charge is -2.33. The van der Waals surface area contributed by atoms with Crippen LogP contribution >= 0.6 is 0 Å². The molecule has 1 atom stereocenters. The van der Waals surface area contributed by atoms with Crippen LogP contribution in [0, 0.1) is 5.92 Å². The summed E-state index contributed by atoms with van der Waals surface area (Å²) in [5.74, 6) is 1.44. The maximum atomic E-state index is 12.5. The van der Waals surface area contributed by atoms with E-state index in [1.807, 2.05) is 6.07 Å². The van der Waals surface area contributed by atoms with Crippen LogP contribution in [0.15, 0.2) is 12.1 Å². The first-order valence-electron chi connectivity index (χ1n) is 18.0. The molecule has 2 aliphatic heterocycles. The fraction of sp³-hybridized carbons (Fsp3) is 0.750. The number of likely N-dealkylation sites (tertiary alicyclic amines) is 1. The number of ether oxygens (including phenoxy) is 5. The molecule has 0 spiro atoms. The Morgan fingerprint density at radius 2 is 1.47 bits per heavy atom. The van der Waals surface area contributed by atoms with Crippen LogP contribution in [-0.4, -0.2) is 81.7 Å². The van der Waals surface area contributed by atoms with E-state index < -0.39 is 0 Å². The van der Waals surface area contributed by atoms with Gasteiger partial charge in [-0.05, 0) is 89.2 Å². The van der Waals surface area contributed by atoms with E-state index in [1.54, 1.807) is 20.3 Å². The van der Waals surface area contributed by atoms with Gasteiger partial charge in [0.15, 0.2) is 0 Å². The molecule has 262 valence electrons. The SMILES string of the molecule is COc1cc(OC)c2c(c1)[C@@H](CCCCCCCCCN1CCC(NC(=O)OC3CCC(NC(=O)OCC4CC4)CC3)CC1)OC2=O. The van der Waals surface area contributed by atoms with Crippen LogP contribution in [0.4, 0.5) is 9.59 Å². The molecule has 11 nitrogen and oxygen atoms in total. The van der Waals surface area contributed by atoms with E-state index in [0.29, 0.717) is 29.6 Å². The number of carbonyl (C=O) groups excluding carboxylic acids is 3. The Hall–Kier alpha value is -3.21. The number of hydrogen-bond donors (Lipinski definition) is 2. The molecule has 11 heteroatoms. The minimum absolute atomic E-state index is 0.0886. The quantitative estimate of drug-likeness (QED) is 0.107.